The van der Waals surface area contributed by atoms with Gasteiger partial charge in [0.05, 0.1) is 12.7 Å². The average Bonchev–Trinajstić information content (AvgIpc) is 3.50. The Labute approximate surface area is 327 Å². The lowest BCUT2D eigenvalue weighted by Crippen LogP contribution is -2.68. The van der Waals surface area contributed by atoms with Gasteiger partial charge in [-0.1, -0.05) is 65.0 Å². The number of allylic oxidation sites excluding steroid dienone is 3. The lowest BCUT2D eigenvalue weighted by molar-refractivity contribution is -0.219. The van der Waals surface area contributed by atoms with Gasteiger partial charge in [0.2, 0.25) is 0 Å². The van der Waals surface area contributed by atoms with Crippen LogP contribution >= 0.6 is 0 Å². The van der Waals surface area contributed by atoms with Gasteiger partial charge in [-0.2, -0.15) is 0 Å². The molecule has 298 valence electrons. The van der Waals surface area contributed by atoms with Gasteiger partial charge in [0, 0.05) is 25.2 Å². The van der Waals surface area contributed by atoms with E-state index in [0.29, 0.717) is 41.1 Å². The van der Waals surface area contributed by atoms with E-state index >= 15 is 0 Å². The molecule has 4 saturated carbocycles. The summed E-state index contributed by atoms with van der Waals surface area (Å²) in [6.45, 7) is 28.6. The van der Waals surface area contributed by atoms with Crippen LogP contribution in [0.4, 0.5) is 4.79 Å². The number of hydrogen-bond donors (Lipinski definition) is 1. The van der Waals surface area contributed by atoms with Crippen LogP contribution in [0.25, 0.3) is 5.57 Å². The predicted molar refractivity (Wildman–Crippen MR) is 219 cm³/mol. The van der Waals surface area contributed by atoms with Gasteiger partial charge in [0.25, 0.3) is 0 Å². The van der Waals surface area contributed by atoms with Crippen molar-refractivity contribution in [2.75, 3.05) is 26.7 Å². The first-order valence-electron chi connectivity index (χ1n) is 21.6. The van der Waals surface area contributed by atoms with E-state index in [0.717, 1.165) is 32.5 Å². The maximum atomic E-state index is 13.0. The normalized spacial score (nSPS) is 40.0. The second-order valence-electron chi connectivity index (χ2n) is 21.3. The highest BCUT2D eigenvalue weighted by atomic mass is 16.6. The van der Waals surface area contributed by atoms with Crippen LogP contribution in [0.1, 0.15) is 149 Å². The van der Waals surface area contributed by atoms with E-state index in [4.69, 9.17) is 9.47 Å². The monoisotopic (exact) mass is 741 g/mol. The molecule has 6 nitrogen and oxygen atoms in total. The fourth-order valence-corrected chi connectivity index (χ4v) is 14.5. The van der Waals surface area contributed by atoms with Crippen LogP contribution in [0, 0.1) is 57.2 Å². The second-order valence-corrected chi connectivity index (χ2v) is 21.3. The number of ether oxygens (including phenoxy) is 2. The maximum Gasteiger partial charge on any atom is 0.410 e. The fraction of sp³-hybridized carbons (Fsp3) is 0.750. The molecule has 5 aliphatic carbocycles. The number of hydrogen-bond acceptors (Lipinski definition) is 5. The molecule has 1 N–H and O–H groups in total. The number of rotatable bonds is 6. The molecule has 0 spiro atoms. The predicted octanol–water partition coefficient (Wildman–Crippen LogP) is 11.1. The van der Waals surface area contributed by atoms with Crippen molar-refractivity contribution >= 4 is 17.6 Å². The summed E-state index contributed by atoms with van der Waals surface area (Å²) in [5.41, 5.74) is 5.23. The quantitative estimate of drug-likeness (QED) is 0.232. The zero-order valence-corrected chi connectivity index (χ0v) is 35.5. The molecule has 0 aromatic heterocycles. The number of amides is 1. The molecule has 54 heavy (non-hydrogen) atoms. The molecule has 5 fully saturated rings. The second kappa shape index (κ2) is 13.8. The van der Waals surface area contributed by atoms with Crippen molar-refractivity contribution in [2.45, 2.75) is 144 Å². The molecular formula is C48H72N2O4. The van der Waals surface area contributed by atoms with E-state index in [9.17, 15) is 9.59 Å². The lowest BCUT2D eigenvalue weighted by atomic mass is 9.33. The first-order chi connectivity index (χ1) is 25.3. The minimum absolute atomic E-state index is 0.0409. The summed E-state index contributed by atoms with van der Waals surface area (Å²) < 4.78 is 10.8. The van der Waals surface area contributed by atoms with Crippen LogP contribution in [0.15, 0.2) is 42.5 Å². The van der Waals surface area contributed by atoms with Gasteiger partial charge >= 0.3 is 12.1 Å². The van der Waals surface area contributed by atoms with Crippen molar-refractivity contribution in [1.82, 2.24) is 10.2 Å². The number of nitrogens with one attached hydrogen (secondary N) is 1. The summed E-state index contributed by atoms with van der Waals surface area (Å²) >= 11 is 0. The van der Waals surface area contributed by atoms with Crippen LogP contribution in [0.3, 0.4) is 0 Å². The van der Waals surface area contributed by atoms with Gasteiger partial charge in [-0.05, 0) is 179 Å². The summed E-state index contributed by atoms with van der Waals surface area (Å²) in [7, 11) is 1.45. The number of benzene rings is 1. The van der Waals surface area contributed by atoms with Gasteiger partial charge < -0.3 is 19.7 Å². The summed E-state index contributed by atoms with van der Waals surface area (Å²) in [6, 6.07) is 8.13. The third-order valence-electron chi connectivity index (χ3n) is 17.2. The molecule has 1 aromatic carbocycles. The fourth-order valence-electron chi connectivity index (χ4n) is 14.5. The van der Waals surface area contributed by atoms with Crippen molar-refractivity contribution in [2.24, 2.45) is 57.2 Å². The van der Waals surface area contributed by atoms with Crippen LogP contribution in [0.2, 0.25) is 0 Å². The Morgan fingerprint density at radius 2 is 1.63 bits per heavy atom. The first-order valence-corrected chi connectivity index (χ1v) is 21.6. The molecule has 1 amide bonds. The molecule has 0 bridgehead atoms. The maximum absolute atomic E-state index is 13.0. The Balaban J connectivity index is 1.13. The molecule has 1 aromatic rings. The molecule has 1 saturated heterocycles. The Morgan fingerprint density at radius 3 is 2.30 bits per heavy atom. The molecular weight excluding hydrogens is 669 g/mol. The third-order valence-corrected chi connectivity index (χ3v) is 17.2. The number of methoxy groups -OCH3 is 1. The molecule has 1 heterocycles. The summed E-state index contributed by atoms with van der Waals surface area (Å²) in [5.74, 6) is 3.35. The van der Waals surface area contributed by atoms with Gasteiger partial charge in [-0.25, -0.2) is 9.59 Å². The average molecular weight is 741 g/mol. The van der Waals surface area contributed by atoms with Crippen molar-refractivity contribution in [1.29, 1.82) is 0 Å². The number of esters is 1. The summed E-state index contributed by atoms with van der Waals surface area (Å²) in [5, 5.41) is 4.34. The standard InChI is InChI=1S/C48H72N2O4/c1-31(2)35-20-25-48(49-29-32-13-12-28-50(30-32)42(52)54-43(3,4)5)27-26-46(9)37(40(35)48)18-19-39-45(8)23-21-36(33-14-16-34(17-15-33)41(51)53-11)44(6,7)38(45)22-24-47(39,46)10/h14-17,21,32,35,37-40,49H,1,12-13,18-20,22-30H2,2-11H3/t32?,35-,37+,38-,39+,40+,45-,46+,47+,48-/m0/s1. The zero-order chi connectivity index (χ0) is 39.1. The number of nitrogens with zero attached hydrogens (tertiary/aromatic N) is 1. The van der Waals surface area contributed by atoms with Gasteiger partial charge in [0.1, 0.15) is 5.60 Å². The summed E-state index contributed by atoms with van der Waals surface area (Å²) in [6.07, 6.45) is 16.0. The largest absolute Gasteiger partial charge is 0.465 e. The van der Waals surface area contributed by atoms with Crippen LogP contribution in [-0.2, 0) is 9.47 Å². The van der Waals surface area contributed by atoms with E-state index in [-0.39, 0.29) is 39.3 Å². The van der Waals surface area contributed by atoms with Gasteiger partial charge in [0.15, 0.2) is 0 Å². The molecule has 7 rings (SSSR count). The highest BCUT2D eigenvalue weighted by molar-refractivity contribution is 5.90. The van der Waals surface area contributed by atoms with Crippen molar-refractivity contribution in [3.05, 3.63) is 53.6 Å². The van der Waals surface area contributed by atoms with Gasteiger partial charge in [-0.15, -0.1) is 0 Å². The van der Waals surface area contributed by atoms with Crippen molar-refractivity contribution in [3.63, 3.8) is 0 Å². The first kappa shape index (κ1) is 39.6. The number of likely N-dealkylation sites (tertiary alicyclic amines) is 1. The summed E-state index contributed by atoms with van der Waals surface area (Å²) in [4.78, 5) is 27.2. The molecule has 0 radical (unpaired) electrons. The SMILES string of the molecule is C=C(C)[C@@H]1CC[C@]2(NCC3CCCN(C(=O)OC(C)(C)C)C3)CC[C@]3(C)[C@H](CC[C@@H]4[C@@]5(C)CC=C(c6ccc(C(=O)OC)cc6)C(C)(C)[C@@H]5CC[C@]43C)[C@@H]12. The minimum Gasteiger partial charge on any atom is -0.465 e. The molecule has 10 atom stereocenters. The van der Waals surface area contributed by atoms with E-state index in [1.165, 1.54) is 81.6 Å². The molecule has 1 unspecified atom stereocenters. The minimum atomic E-state index is -0.468. The van der Waals surface area contributed by atoms with Crippen molar-refractivity contribution < 1.29 is 19.1 Å². The smallest absolute Gasteiger partial charge is 0.410 e. The number of piperidine rings is 1. The highest BCUT2D eigenvalue weighted by Gasteiger charge is 2.70. The van der Waals surface area contributed by atoms with Crippen LogP contribution in [0.5, 0.6) is 0 Å². The van der Waals surface area contributed by atoms with E-state index < -0.39 is 5.60 Å². The van der Waals surface area contributed by atoms with Crippen molar-refractivity contribution in [3.8, 4) is 0 Å². The van der Waals surface area contributed by atoms with Gasteiger partial charge in [-0.3, -0.25) is 0 Å². The molecule has 6 heteroatoms. The number of carbonyl (C=O) groups excluding carboxylic acids is 2. The van der Waals surface area contributed by atoms with Crippen LogP contribution < -0.4 is 5.32 Å². The third kappa shape index (κ3) is 6.31. The Bertz CT molecular complexity index is 1650. The Morgan fingerprint density at radius 1 is 0.907 bits per heavy atom. The number of fused-ring (bicyclic) bond motifs is 7. The van der Waals surface area contributed by atoms with E-state index in [1.807, 2.05) is 37.8 Å². The molecule has 1 aliphatic heterocycles. The Hall–Kier alpha value is -2.60. The number of carbonyl (C=O) groups is 2. The topological polar surface area (TPSA) is 67.9 Å². The zero-order valence-electron chi connectivity index (χ0n) is 35.5. The van der Waals surface area contributed by atoms with E-state index in [2.05, 4.69) is 71.6 Å². The lowest BCUT2D eigenvalue weighted by Gasteiger charge is -2.72. The van der Waals surface area contributed by atoms with E-state index in [1.54, 1.807) is 0 Å². The molecule has 6 aliphatic rings. The van der Waals surface area contributed by atoms with Crippen LogP contribution in [-0.4, -0.2) is 54.8 Å². The Kier molecular flexibility index (Phi) is 10.1. The highest BCUT2D eigenvalue weighted by Crippen LogP contribution is 2.76.